The van der Waals surface area contributed by atoms with Gasteiger partial charge in [0, 0.05) is 24.3 Å². The lowest BCUT2D eigenvalue weighted by Crippen LogP contribution is -1.98. The van der Waals surface area contributed by atoms with E-state index in [1.165, 1.54) is 12.1 Å². The molecule has 0 saturated carbocycles. The summed E-state index contributed by atoms with van der Waals surface area (Å²) in [6.45, 7) is 0. The van der Waals surface area contributed by atoms with E-state index in [-0.39, 0.29) is 5.75 Å². The van der Waals surface area contributed by atoms with Gasteiger partial charge in [-0.2, -0.15) is 0 Å². The molecule has 0 aliphatic rings. The van der Waals surface area contributed by atoms with Gasteiger partial charge in [-0.25, -0.2) is 0 Å². The lowest BCUT2D eigenvalue weighted by atomic mass is 10.2. The monoisotopic (exact) mass is 538 g/mol. The molecule has 0 bridgehead atoms. The first kappa shape index (κ1) is 29.8. The van der Waals surface area contributed by atoms with Crippen LogP contribution in [0.2, 0.25) is 5.02 Å². The van der Waals surface area contributed by atoms with Crippen molar-refractivity contribution in [3.8, 4) is 11.5 Å². The molecule has 3 rings (SSSR count). The molecule has 0 fully saturated rings. The van der Waals surface area contributed by atoms with Crippen molar-refractivity contribution in [2.45, 2.75) is 0 Å². The average Bonchev–Trinajstić information content (AvgIpc) is 2.84. The number of hydrogen-bond donors (Lipinski definition) is 2. The summed E-state index contributed by atoms with van der Waals surface area (Å²) >= 11 is 5.42. The Morgan fingerprint density at radius 3 is 1.16 bits per heavy atom. The van der Waals surface area contributed by atoms with Gasteiger partial charge >= 0.3 is 11.4 Å². The number of halogens is 1. The van der Waals surface area contributed by atoms with Gasteiger partial charge in [-0.3, -0.25) is 40.5 Å². The number of anilines is 2. The molecule has 0 heterocycles. The van der Waals surface area contributed by atoms with Crippen molar-refractivity contribution in [1.29, 1.82) is 0 Å². The number of nitrogen functional groups attached to an aromatic ring is 2. The number of nitrogens with two attached hydrogens (primary N) is 2. The molecular formula is C20H19ClN6O10. The molecule has 3 aromatic carbocycles. The predicted octanol–water partition coefficient (Wildman–Crippen LogP) is 4.53. The van der Waals surface area contributed by atoms with E-state index in [4.69, 9.17) is 27.8 Å². The van der Waals surface area contributed by atoms with Crippen LogP contribution in [0.4, 0.5) is 34.1 Å². The normalized spacial score (nSPS) is 9.49. The number of hydrogen-bond acceptors (Lipinski definition) is 12. The van der Waals surface area contributed by atoms with E-state index < -0.39 is 47.5 Å². The Morgan fingerprint density at radius 2 is 0.892 bits per heavy atom. The lowest BCUT2D eigenvalue weighted by molar-refractivity contribution is -0.395. The molecule has 0 unspecified atom stereocenters. The number of nitro benzene ring substituents is 4. The zero-order valence-electron chi connectivity index (χ0n) is 19.1. The molecule has 0 aliphatic heterocycles. The third-order valence-electron chi connectivity index (χ3n) is 4.20. The van der Waals surface area contributed by atoms with Crippen molar-refractivity contribution in [3.63, 3.8) is 0 Å². The second kappa shape index (κ2) is 13.6. The Labute approximate surface area is 212 Å². The molecule has 0 atom stereocenters. The van der Waals surface area contributed by atoms with Gasteiger partial charge in [-0.1, -0.05) is 17.7 Å². The second-order valence-electron chi connectivity index (χ2n) is 6.44. The SMILES string of the molecule is COc1c(N)cccc1N.COc1c([N+](=O)[O-])cccc1[N+](=O)[O-].O=[N+]([O-])c1cccc([N+](=O)[O-])c1Cl. The molecule has 196 valence electrons. The van der Waals surface area contributed by atoms with Gasteiger partial charge in [0.1, 0.15) is 0 Å². The van der Waals surface area contributed by atoms with Gasteiger partial charge in [0.2, 0.25) is 0 Å². The average molecular weight is 539 g/mol. The Kier molecular flexibility index (Phi) is 10.9. The Balaban J connectivity index is 0.000000281. The first-order valence-corrected chi connectivity index (χ1v) is 9.96. The first-order chi connectivity index (χ1) is 17.4. The van der Waals surface area contributed by atoms with Crippen LogP contribution in [0, 0.1) is 40.5 Å². The maximum absolute atomic E-state index is 10.5. The van der Waals surface area contributed by atoms with E-state index in [2.05, 4.69) is 4.74 Å². The van der Waals surface area contributed by atoms with Crippen molar-refractivity contribution < 1.29 is 29.2 Å². The molecule has 37 heavy (non-hydrogen) atoms. The van der Waals surface area contributed by atoms with Gasteiger partial charge in [0.15, 0.2) is 10.8 Å². The highest BCUT2D eigenvalue weighted by molar-refractivity contribution is 6.34. The number of methoxy groups -OCH3 is 2. The highest BCUT2D eigenvalue weighted by Gasteiger charge is 2.25. The number of rotatable bonds is 6. The third kappa shape index (κ3) is 7.89. The topological polar surface area (TPSA) is 243 Å². The molecule has 4 N–H and O–H groups in total. The van der Waals surface area contributed by atoms with Crippen molar-refractivity contribution in [2.75, 3.05) is 25.7 Å². The van der Waals surface area contributed by atoms with Crippen LogP contribution in [0.3, 0.4) is 0 Å². The molecule has 0 aliphatic carbocycles. The smallest absolute Gasteiger partial charge is 0.318 e. The fourth-order valence-electron chi connectivity index (χ4n) is 2.61. The fourth-order valence-corrected chi connectivity index (χ4v) is 2.87. The summed E-state index contributed by atoms with van der Waals surface area (Å²) in [5.41, 5.74) is 10.4. The molecular weight excluding hydrogens is 520 g/mol. The number of ether oxygens (including phenoxy) is 2. The maximum atomic E-state index is 10.5. The second-order valence-corrected chi connectivity index (χ2v) is 6.82. The van der Waals surface area contributed by atoms with E-state index in [0.717, 1.165) is 31.4 Å². The summed E-state index contributed by atoms with van der Waals surface area (Å²) in [6.07, 6.45) is 0. The molecule has 0 saturated heterocycles. The molecule has 0 aromatic heterocycles. The minimum atomic E-state index is -0.769. The molecule has 3 aromatic rings. The van der Waals surface area contributed by atoms with E-state index >= 15 is 0 Å². The summed E-state index contributed by atoms with van der Waals surface area (Å²) in [6, 6.07) is 12.2. The van der Waals surface area contributed by atoms with Crippen LogP contribution < -0.4 is 20.9 Å². The standard InChI is InChI=1S/C7H6N2O5.C7H10N2O.C6H3ClN2O4/c1-14-7-5(8(10)11)3-2-4-6(7)9(12)13;1-10-7-5(8)3-2-4-6(7)9;7-6-4(8(10)11)2-1-3-5(6)9(12)13/h2-4H,1H3;2-4H,8-9H2,1H3;1-3H. The molecule has 0 amide bonds. The number of para-hydroxylation sites is 2. The first-order valence-electron chi connectivity index (χ1n) is 9.58. The summed E-state index contributed by atoms with van der Waals surface area (Å²) < 4.78 is 9.54. The largest absolute Gasteiger partial charge is 0.492 e. The lowest BCUT2D eigenvalue weighted by Gasteiger charge is -2.05. The van der Waals surface area contributed by atoms with Crippen LogP contribution in [0.1, 0.15) is 0 Å². The van der Waals surface area contributed by atoms with E-state index in [1.54, 1.807) is 25.3 Å². The molecule has 17 heteroatoms. The van der Waals surface area contributed by atoms with Gasteiger partial charge < -0.3 is 20.9 Å². The van der Waals surface area contributed by atoms with Crippen LogP contribution >= 0.6 is 11.6 Å². The summed E-state index contributed by atoms with van der Waals surface area (Å²) in [5.74, 6) is 0.227. The van der Waals surface area contributed by atoms with Gasteiger partial charge in [-0.15, -0.1) is 0 Å². The number of nitro groups is 4. The Bertz CT molecular complexity index is 1240. The summed E-state index contributed by atoms with van der Waals surface area (Å²) in [7, 11) is 2.69. The highest BCUT2D eigenvalue weighted by Crippen LogP contribution is 2.35. The zero-order valence-corrected chi connectivity index (χ0v) is 19.9. The predicted molar refractivity (Wildman–Crippen MR) is 133 cm³/mol. The third-order valence-corrected chi connectivity index (χ3v) is 4.59. The van der Waals surface area contributed by atoms with Crippen LogP contribution in [-0.4, -0.2) is 33.9 Å². The Hall–Kier alpha value is -5.25. The van der Waals surface area contributed by atoms with Gasteiger partial charge in [-0.05, 0) is 24.3 Å². The van der Waals surface area contributed by atoms with Crippen LogP contribution in [-0.2, 0) is 0 Å². The van der Waals surface area contributed by atoms with E-state index in [9.17, 15) is 40.5 Å². The van der Waals surface area contributed by atoms with Crippen molar-refractivity contribution in [2.24, 2.45) is 0 Å². The molecule has 16 nitrogen and oxygen atoms in total. The highest BCUT2D eigenvalue weighted by atomic mass is 35.5. The van der Waals surface area contributed by atoms with Gasteiger partial charge in [0.25, 0.3) is 17.1 Å². The zero-order chi connectivity index (χ0) is 28.3. The van der Waals surface area contributed by atoms with Crippen molar-refractivity contribution in [1.82, 2.24) is 0 Å². The number of benzene rings is 3. The minimum Gasteiger partial charge on any atom is -0.492 e. The summed E-state index contributed by atoms with van der Waals surface area (Å²) in [4.78, 5) is 38.5. The van der Waals surface area contributed by atoms with Gasteiger partial charge in [0.05, 0.1) is 45.3 Å². The number of nitrogens with zero attached hydrogens (tertiary/aromatic N) is 4. The molecule has 0 spiro atoms. The summed E-state index contributed by atoms with van der Waals surface area (Å²) in [5, 5.41) is 41.1. The maximum Gasteiger partial charge on any atom is 0.318 e. The minimum absolute atomic E-state index is 0.331. The van der Waals surface area contributed by atoms with Crippen LogP contribution in [0.25, 0.3) is 0 Å². The van der Waals surface area contributed by atoms with Crippen LogP contribution in [0.5, 0.6) is 11.5 Å². The van der Waals surface area contributed by atoms with Crippen molar-refractivity contribution >= 4 is 45.7 Å². The van der Waals surface area contributed by atoms with Crippen molar-refractivity contribution in [3.05, 3.63) is 100 Å². The fraction of sp³-hybridized carbons (Fsp3) is 0.100. The Morgan fingerprint density at radius 1 is 0.595 bits per heavy atom. The molecule has 0 radical (unpaired) electrons. The quantitative estimate of drug-likeness (QED) is 0.249. The van der Waals surface area contributed by atoms with E-state index in [1.807, 2.05) is 0 Å². The van der Waals surface area contributed by atoms with Crippen LogP contribution in [0.15, 0.2) is 54.6 Å². The van der Waals surface area contributed by atoms with E-state index in [0.29, 0.717) is 17.1 Å².